The van der Waals surface area contributed by atoms with Crippen molar-refractivity contribution in [1.29, 1.82) is 0 Å². The third-order valence-electron chi connectivity index (χ3n) is 2.26. The Balaban J connectivity index is 1.83. The summed E-state index contributed by atoms with van der Waals surface area (Å²) in [5.41, 5.74) is 2.59. The first-order valence-electron chi connectivity index (χ1n) is 5.34. The zero-order chi connectivity index (χ0) is 12.8. The molecule has 0 fully saturated rings. The summed E-state index contributed by atoms with van der Waals surface area (Å²) in [6, 6.07) is 3.13. The lowest BCUT2D eigenvalue weighted by Crippen LogP contribution is -2.28. The van der Waals surface area contributed by atoms with Gasteiger partial charge in [0.25, 0.3) is 5.91 Å². The molecule has 8 nitrogen and oxygen atoms in total. The predicted octanol–water partition coefficient (Wildman–Crippen LogP) is -0.611. The van der Waals surface area contributed by atoms with Gasteiger partial charge in [-0.3, -0.25) is 4.79 Å². The summed E-state index contributed by atoms with van der Waals surface area (Å²) < 4.78 is 1.87. The van der Waals surface area contributed by atoms with E-state index in [1.165, 1.54) is 0 Å². The highest BCUT2D eigenvalue weighted by molar-refractivity contribution is 5.92. The van der Waals surface area contributed by atoms with Crippen molar-refractivity contribution in [3.63, 3.8) is 0 Å². The van der Waals surface area contributed by atoms with Crippen LogP contribution in [0.25, 0.3) is 0 Å². The minimum Gasteiger partial charge on any atom is -0.349 e. The second-order valence-electron chi connectivity index (χ2n) is 3.50. The number of imidazole rings is 1. The molecule has 0 saturated carbocycles. The number of aromatic nitrogens is 4. The highest BCUT2D eigenvalue weighted by Crippen LogP contribution is 1.99. The number of nitrogen functional groups attached to an aromatic ring is 1. The lowest BCUT2D eigenvalue weighted by atomic mass is 10.3. The minimum atomic E-state index is -0.272. The summed E-state index contributed by atoms with van der Waals surface area (Å²) in [6.45, 7) is 1.15. The van der Waals surface area contributed by atoms with E-state index in [9.17, 15) is 4.79 Å². The van der Waals surface area contributed by atoms with E-state index in [1.807, 2.05) is 10.8 Å². The number of hydrogen-bond acceptors (Lipinski definition) is 6. The monoisotopic (exact) mass is 247 g/mol. The SMILES string of the molecule is NNc1ccc(C(=O)NCCn2ccnc2)nn1. The van der Waals surface area contributed by atoms with Gasteiger partial charge in [-0.05, 0) is 12.1 Å². The smallest absolute Gasteiger partial charge is 0.271 e. The second kappa shape index (κ2) is 5.73. The lowest BCUT2D eigenvalue weighted by Gasteiger charge is -2.05. The van der Waals surface area contributed by atoms with Crippen molar-refractivity contribution in [1.82, 2.24) is 25.1 Å². The summed E-state index contributed by atoms with van der Waals surface area (Å²) in [4.78, 5) is 15.6. The summed E-state index contributed by atoms with van der Waals surface area (Å²) in [6.07, 6.45) is 5.20. The molecule has 2 aromatic heterocycles. The maximum atomic E-state index is 11.7. The number of rotatable bonds is 5. The van der Waals surface area contributed by atoms with Crippen LogP contribution in [0.1, 0.15) is 10.5 Å². The third kappa shape index (κ3) is 3.01. The zero-order valence-corrected chi connectivity index (χ0v) is 9.58. The fourth-order valence-corrected chi connectivity index (χ4v) is 1.34. The molecule has 2 aromatic rings. The van der Waals surface area contributed by atoms with Gasteiger partial charge in [-0.1, -0.05) is 0 Å². The van der Waals surface area contributed by atoms with Crippen LogP contribution in [0.3, 0.4) is 0 Å². The number of carbonyl (C=O) groups is 1. The molecule has 0 aliphatic rings. The van der Waals surface area contributed by atoms with Crippen LogP contribution in [-0.4, -0.2) is 32.2 Å². The van der Waals surface area contributed by atoms with Crippen molar-refractivity contribution in [2.24, 2.45) is 5.84 Å². The molecule has 18 heavy (non-hydrogen) atoms. The van der Waals surface area contributed by atoms with E-state index in [2.05, 4.69) is 25.9 Å². The molecule has 0 saturated heterocycles. The maximum Gasteiger partial charge on any atom is 0.271 e. The lowest BCUT2D eigenvalue weighted by molar-refractivity contribution is 0.0946. The van der Waals surface area contributed by atoms with Crippen molar-refractivity contribution < 1.29 is 4.79 Å². The van der Waals surface area contributed by atoms with E-state index in [1.54, 1.807) is 24.7 Å². The number of nitrogens with one attached hydrogen (secondary N) is 2. The van der Waals surface area contributed by atoms with E-state index >= 15 is 0 Å². The maximum absolute atomic E-state index is 11.7. The first-order chi connectivity index (χ1) is 8.79. The van der Waals surface area contributed by atoms with Crippen LogP contribution < -0.4 is 16.6 Å². The highest BCUT2D eigenvalue weighted by Gasteiger charge is 2.06. The fourth-order valence-electron chi connectivity index (χ4n) is 1.34. The Bertz CT molecular complexity index is 493. The average molecular weight is 247 g/mol. The van der Waals surface area contributed by atoms with Gasteiger partial charge in [0.2, 0.25) is 0 Å². The number of carbonyl (C=O) groups excluding carboxylic acids is 1. The molecule has 0 unspecified atom stereocenters. The molecule has 0 radical (unpaired) electrons. The number of nitrogens with two attached hydrogens (primary N) is 1. The fraction of sp³-hybridized carbons (Fsp3) is 0.200. The minimum absolute atomic E-state index is 0.250. The van der Waals surface area contributed by atoms with Crippen LogP contribution in [0.2, 0.25) is 0 Å². The molecular formula is C10H13N7O. The van der Waals surface area contributed by atoms with Gasteiger partial charge in [0.05, 0.1) is 6.33 Å². The molecule has 0 atom stereocenters. The highest BCUT2D eigenvalue weighted by atomic mass is 16.1. The summed E-state index contributed by atoms with van der Waals surface area (Å²) in [7, 11) is 0. The Morgan fingerprint density at radius 2 is 2.28 bits per heavy atom. The Labute approximate surface area is 103 Å². The van der Waals surface area contributed by atoms with Crippen LogP contribution in [0, 0.1) is 0 Å². The predicted molar refractivity (Wildman–Crippen MR) is 64.4 cm³/mol. The van der Waals surface area contributed by atoms with Gasteiger partial charge in [0.15, 0.2) is 11.5 Å². The molecule has 0 spiro atoms. The normalized spacial score (nSPS) is 10.1. The number of nitrogens with zero attached hydrogens (tertiary/aromatic N) is 4. The molecule has 94 valence electrons. The average Bonchev–Trinajstić information content (AvgIpc) is 2.92. The van der Waals surface area contributed by atoms with Crippen molar-refractivity contribution in [3.8, 4) is 0 Å². The van der Waals surface area contributed by atoms with Crippen LogP contribution >= 0.6 is 0 Å². The Hall–Kier alpha value is -2.48. The zero-order valence-electron chi connectivity index (χ0n) is 9.58. The van der Waals surface area contributed by atoms with Gasteiger partial charge in [0, 0.05) is 25.5 Å². The number of anilines is 1. The summed E-state index contributed by atoms with van der Waals surface area (Å²) in [5.74, 6) is 5.28. The van der Waals surface area contributed by atoms with E-state index in [0.29, 0.717) is 18.9 Å². The van der Waals surface area contributed by atoms with Gasteiger partial charge < -0.3 is 15.3 Å². The molecule has 0 aliphatic heterocycles. The van der Waals surface area contributed by atoms with Gasteiger partial charge in [0.1, 0.15) is 0 Å². The van der Waals surface area contributed by atoms with Crippen LogP contribution in [0.15, 0.2) is 30.9 Å². The first-order valence-corrected chi connectivity index (χ1v) is 5.34. The first kappa shape index (κ1) is 12.0. The van der Waals surface area contributed by atoms with E-state index in [4.69, 9.17) is 5.84 Å². The molecular weight excluding hydrogens is 234 g/mol. The van der Waals surface area contributed by atoms with Crippen molar-refractivity contribution in [3.05, 3.63) is 36.5 Å². The quantitative estimate of drug-likeness (QED) is 0.480. The van der Waals surface area contributed by atoms with E-state index in [-0.39, 0.29) is 11.6 Å². The van der Waals surface area contributed by atoms with Crippen molar-refractivity contribution >= 4 is 11.7 Å². The van der Waals surface area contributed by atoms with Gasteiger partial charge in [-0.25, -0.2) is 10.8 Å². The van der Waals surface area contributed by atoms with Crippen molar-refractivity contribution in [2.75, 3.05) is 12.0 Å². The topological polar surface area (TPSA) is 111 Å². The Morgan fingerprint density at radius 3 is 2.89 bits per heavy atom. The van der Waals surface area contributed by atoms with Gasteiger partial charge in [-0.2, -0.15) is 0 Å². The van der Waals surface area contributed by atoms with E-state index in [0.717, 1.165) is 0 Å². The van der Waals surface area contributed by atoms with Crippen molar-refractivity contribution in [2.45, 2.75) is 6.54 Å². The summed E-state index contributed by atoms with van der Waals surface area (Å²) in [5, 5.41) is 10.2. The van der Waals surface area contributed by atoms with Gasteiger partial charge >= 0.3 is 0 Å². The van der Waals surface area contributed by atoms with Crippen LogP contribution in [-0.2, 0) is 6.54 Å². The molecule has 0 aliphatic carbocycles. The van der Waals surface area contributed by atoms with Crippen LogP contribution in [0.5, 0.6) is 0 Å². The molecule has 0 aromatic carbocycles. The van der Waals surface area contributed by atoms with Gasteiger partial charge in [-0.15, -0.1) is 10.2 Å². The largest absolute Gasteiger partial charge is 0.349 e. The number of hydrogen-bond donors (Lipinski definition) is 3. The van der Waals surface area contributed by atoms with Crippen LogP contribution in [0.4, 0.5) is 5.82 Å². The molecule has 2 heterocycles. The molecule has 2 rings (SSSR count). The third-order valence-corrected chi connectivity index (χ3v) is 2.26. The number of hydrazine groups is 1. The Morgan fingerprint density at radius 1 is 1.39 bits per heavy atom. The summed E-state index contributed by atoms with van der Waals surface area (Å²) >= 11 is 0. The molecule has 1 amide bonds. The second-order valence-corrected chi connectivity index (χ2v) is 3.50. The molecule has 0 bridgehead atoms. The Kier molecular flexibility index (Phi) is 3.82. The molecule has 8 heteroatoms. The standard InChI is InChI=1S/C10H13N7O/c11-14-9-2-1-8(15-16-9)10(18)13-4-6-17-5-3-12-7-17/h1-3,5,7H,4,6,11H2,(H,13,18)(H,14,16). The van der Waals surface area contributed by atoms with E-state index < -0.39 is 0 Å². The molecule has 4 N–H and O–H groups in total. The number of amides is 1.